The third-order valence-corrected chi connectivity index (χ3v) is 3.93. The van der Waals surface area contributed by atoms with Gasteiger partial charge in [-0.2, -0.15) is 9.78 Å². The normalized spacial score (nSPS) is 11.8. The maximum absolute atomic E-state index is 5.24. The zero-order chi connectivity index (χ0) is 15.7. The summed E-state index contributed by atoms with van der Waals surface area (Å²) >= 11 is 10.3. The Morgan fingerprint density at radius 1 is 1.05 bits per heavy atom. The molecule has 0 aliphatic carbocycles. The van der Waals surface area contributed by atoms with Gasteiger partial charge < -0.3 is 4.74 Å². The summed E-state index contributed by atoms with van der Waals surface area (Å²) in [7, 11) is 1.66. The minimum atomic E-state index is 0.440. The second-order valence-electron chi connectivity index (χ2n) is 4.79. The maximum atomic E-state index is 5.24. The Bertz CT molecular complexity index is 953. The van der Waals surface area contributed by atoms with Crippen molar-refractivity contribution in [1.82, 2.24) is 14.9 Å². The minimum Gasteiger partial charge on any atom is -0.497 e. The van der Waals surface area contributed by atoms with Crippen molar-refractivity contribution >= 4 is 40.9 Å². The zero-order valence-electron chi connectivity index (χ0n) is 12.1. The number of benzene rings is 2. The topological polar surface area (TPSA) is 58.1 Å². The number of hydrogen-bond acceptors (Lipinski definition) is 4. The van der Waals surface area contributed by atoms with Gasteiger partial charge in [0.25, 0.3) is 0 Å². The van der Waals surface area contributed by atoms with Gasteiger partial charge in [0.1, 0.15) is 5.75 Å². The number of rotatable bonds is 3. The van der Waals surface area contributed by atoms with Crippen molar-refractivity contribution < 1.29 is 4.74 Å². The van der Waals surface area contributed by atoms with Crippen LogP contribution in [0.15, 0.2) is 41.5 Å². The molecule has 0 radical (unpaired) electrons. The lowest BCUT2D eigenvalue weighted by molar-refractivity contribution is 0.415. The number of ether oxygens (including phenoxy) is 1. The van der Waals surface area contributed by atoms with E-state index < -0.39 is 0 Å². The second kappa shape index (κ2) is 5.86. The van der Waals surface area contributed by atoms with Crippen molar-refractivity contribution in [2.45, 2.75) is 6.92 Å². The SMILES string of the molecule is COc1ccc2cc(/C(C)=N\n3c(=S)[nH][nH]c3=S)ccc2c1. The lowest BCUT2D eigenvalue weighted by atomic mass is 10.0. The van der Waals surface area contributed by atoms with E-state index in [0.29, 0.717) is 9.54 Å². The fraction of sp³-hybridized carbons (Fsp3) is 0.133. The molecule has 112 valence electrons. The quantitative estimate of drug-likeness (QED) is 0.563. The molecular formula is C15H14N4OS2. The Morgan fingerprint density at radius 3 is 2.36 bits per heavy atom. The fourth-order valence-corrected chi connectivity index (χ4v) is 2.60. The van der Waals surface area contributed by atoms with Crippen LogP contribution in [0.2, 0.25) is 0 Å². The smallest absolute Gasteiger partial charge is 0.215 e. The molecule has 1 heterocycles. The highest BCUT2D eigenvalue weighted by atomic mass is 32.1. The second-order valence-corrected chi connectivity index (χ2v) is 5.56. The number of nitrogens with zero attached hydrogens (tertiary/aromatic N) is 2. The summed E-state index contributed by atoms with van der Waals surface area (Å²) in [6.07, 6.45) is 0. The molecule has 0 spiro atoms. The van der Waals surface area contributed by atoms with Gasteiger partial charge in [0.15, 0.2) is 0 Å². The monoisotopic (exact) mass is 330 g/mol. The number of methoxy groups -OCH3 is 1. The Morgan fingerprint density at radius 2 is 1.68 bits per heavy atom. The van der Waals surface area contributed by atoms with Crippen LogP contribution in [0.1, 0.15) is 12.5 Å². The fourth-order valence-electron chi connectivity index (χ4n) is 2.18. The highest BCUT2D eigenvalue weighted by Gasteiger charge is 2.03. The summed E-state index contributed by atoms with van der Waals surface area (Å²) in [6, 6.07) is 12.1. The third kappa shape index (κ3) is 2.72. The van der Waals surface area contributed by atoms with E-state index in [4.69, 9.17) is 29.2 Å². The molecule has 1 aromatic heterocycles. The van der Waals surface area contributed by atoms with Gasteiger partial charge in [-0.3, -0.25) is 10.2 Å². The van der Waals surface area contributed by atoms with Gasteiger partial charge in [-0.1, -0.05) is 18.2 Å². The Kier molecular flexibility index (Phi) is 3.91. The summed E-state index contributed by atoms with van der Waals surface area (Å²) < 4.78 is 7.62. The number of H-pyrrole nitrogens is 2. The first-order chi connectivity index (χ1) is 10.6. The van der Waals surface area contributed by atoms with Gasteiger partial charge in [0.2, 0.25) is 9.54 Å². The highest BCUT2D eigenvalue weighted by molar-refractivity contribution is 7.72. The predicted octanol–water partition coefficient (Wildman–Crippen LogP) is 4.04. The molecule has 22 heavy (non-hydrogen) atoms. The first-order valence-electron chi connectivity index (χ1n) is 6.62. The first-order valence-corrected chi connectivity index (χ1v) is 7.43. The lowest BCUT2D eigenvalue weighted by Gasteiger charge is -2.05. The van der Waals surface area contributed by atoms with E-state index in [9.17, 15) is 0 Å². The van der Waals surface area contributed by atoms with E-state index in [1.54, 1.807) is 7.11 Å². The predicted molar refractivity (Wildman–Crippen MR) is 92.9 cm³/mol. The molecule has 3 rings (SSSR count). The molecular weight excluding hydrogens is 316 g/mol. The van der Waals surface area contributed by atoms with Gasteiger partial charge in [0, 0.05) is 0 Å². The van der Waals surface area contributed by atoms with Crippen LogP contribution in [-0.4, -0.2) is 27.7 Å². The van der Waals surface area contributed by atoms with Gasteiger partial charge in [-0.15, -0.1) is 0 Å². The molecule has 0 fully saturated rings. The van der Waals surface area contributed by atoms with E-state index in [-0.39, 0.29) is 0 Å². The molecule has 2 N–H and O–H groups in total. The van der Waals surface area contributed by atoms with Crippen LogP contribution in [0.25, 0.3) is 10.8 Å². The van der Waals surface area contributed by atoms with Crippen molar-refractivity contribution in [3.8, 4) is 5.75 Å². The van der Waals surface area contributed by atoms with E-state index >= 15 is 0 Å². The molecule has 0 bridgehead atoms. The van der Waals surface area contributed by atoms with E-state index in [1.165, 1.54) is 4.68 Å². The Balaban J connectivity index is 2.06. The van der Waals surface area contributed by atoms with Gasteiger partial charge in [0.05, 0.1) is 12.8 Å². The molecule has 3 aromatic rings. The molecule has 0 aliphatic heterocycles. The molecule has 0 aliphatic rings. The summed E-state index contributed by atoms with van der Waals surface area (Å²) in [5, 5.41) is 12.2. The Hall–Kier alpha value is -2.25. The molecule has 2 aromatic carbocycles. The van der Waals surface area contributed by atoms with Crippen LogP contribution in [0.5, 0.6) is 5.75 Å². The van der Waals surface area contributed by atoms with Crippen LogP contribution >= 0.6 is 24.4 Å². The van der Waals surface area contributed by atoms with Crippen LogP contribution in [0.4, 0.5) is 0 Å². The molecule has 0 saturated carbocycles. The Labute approximate surface area is 137 Å². The van der Waals surface area contributed by atoms with Gasteiger partial charge in [-0.25, -0.2) is 0 Å². The van der Waals surface area contributed by atoms with E-state index in [0.717, 1.165) is 27.8 Å². The first kappa shape index (κ1) is 14.7. The molecule has 0 saturated heterocycles. The number of aromatic nitrogens is 3. The largest absolute Gasteiger partial charge is 0.497 e. The average Bonchev–Trinajstić information content (AvgIpc) is 2.85. The minimum absolute atomic E-state index is 0.440. The zero-order valence-corrected chi connectivity index (χ0v) is 13.7. The summed E-state index contributed by atoms with van der Waals surface area (Å²) in [5.74, 6) is 0.843. The molecule has 0 amide bonds. The van der Waals surface area contributed by atoms with Crippen molar-refractivity contribution in [1.29, 1.82) is 0 Å². The molecule has 0 unspecified atom stereocenters. The lowest BCUT2D eigenvalue weighted by Crippen LogP contribution is -2.00. The summed E-state index contributed by atoms with van der Waals surface area (Å²) in [5.41, 5.74) is 1.84. The van der Waals surface area contributed by atoms with Crippen molar-refractivity contribution in [3.63, 3.8) is 0 Å². The van der Waals surface area contributed by atoms with Gasteiger partial charge in [-0.05, 0) is 65.9 Å². The number of aromatic amines is 2. The van der Waals surface area contributed by atoms with Crippen molar-refractivity contribution in [3.05, 3.63) is 51.5 Å². The van der Waals surface area contributed by atoms with Crippen LogP contribution < -0.4 is 4.74 Å². The summed E-state index contributed by atoms with van der Waals surface area (Å²) in [4.78, 5) is 0. The number of hydrogen-bond donors (Lipinski definition) is 2. The molecule has 7 heteroatoms. The molecule has 5 nitrogen and oxygen atoms in total. The number of nitrogens with one attached hydrogen (secondary N) is 2. The van der Waals surface area contributed by atoms with E-state index in [2.05, 4.69) is 21.4 Å². The molecule has 0 atom stereocenters. The standard InChI is InChI=1S/C15H14N4OS2/c1-9(18-19-14(21)16-17-15(19)22)10-3-4-12-8-13(20-2)6-5-11(12)7-10/h3-8H,1-2H3,(H,16,21)(H,17,22)/b18-9-. The number of fused-ring (bicyclic) bond motifs is 1. The highest BCUT2D eigenvalue weighted by Crippen LogP contribution is 2.22. The van der Waals surface area contributed by atoms with Crippen molar-refractivity contribution in [2.75, 3.05) is 7.11 Å². The van der Waals surface area contributed by atoms with E-state index in [1.807, 2.05) is 37.3 Å². The van der Waals surface area contributed by atoms with Crippen LogP contribution in [0.3, 0.4) is 0 Å². The van der Waals surface area contributed by atoms with Crippen molar-refractivity contribution in [2.24, 2.45) is 5.10 Å². The van der Waals surface area contributed by atoms with Crippen LogP contribution in [0, 0.1) is 9.54 Å². The third-order valence-electron chi connectivity index (χ3n) is 3.38. The summed E-state index contributed by atoms with van der Waals surface area (Å²) in [6.45, 7) is 1.92. The van der Waals surface area contributed by atoms with Gasteiger partial charge >= 0.3 is 0 Å². The average molecular weight is 330 g/mol. The maximum Gasteiger partial charge on any atom is 0.215 e. The van der Waals surface area contributed by atoms with Crippen LogP contribution in [-0.2, 0) is 0 Å².